The minimum Gasteiger partial charge on any atom is -0.464 e. The summed E-state index contributed by atoms with van der Waals surface area (Å²) in [5, 5.41) is 0. The third-order valence-corrected chi connectivity index (χ3v) is 3.91. The average Bonchev–Trinajstić information content (AvgIpc) is 2.57. The fourth-order valence-electron chi connectivity index (χ4n) is 1.92. The predicted molar refractivity (Wildman–Crippen MR) is 75.7 cm³/mol. The number of rotatable bonds is 2. The normalized spacial score (nSPS) is 19.9. The molecule has 7 heteroatoms. The van der Waals surface area contributed by atoms with Gasteiger partial charge in [-0.05, 0) is 33.8 Å². The lowest BCUT2D eigenvalue weighted by atomic mass is 9.78. The van der Waals surface area contributed by atoms with Gasteiger partial charge in [0.15, 0.2) is 5.69 Å². The van der Waals surface area contributed by atoms with Gasteiger partial charge in [0, 0.05) is 11.7 Å². The van der Waals surface area contributed by atoms with E-state index in [0.29, 0.717) is 5.46 Å². The van der Waals surface area contributed by atoms with Crippen LogP contribution < -0.4 is 11.2 Å². The molecule has 1 aliphatic heterocycles. The number of nitrogens with zero attached hydrogens (tertiary/aromatic N) is 1. The van der Waals surface area contributed by atoms with Crippen LogP contribution in [0.25, 0.3) is 0 Å². The van der Waals surface area contributed by atoms with Crippen molar-refractivity contribution in [3.63, 3.8) is 0 Å². The first-order valence-electron chi connectivity index (χ1n) is 6.38. The molecule has 0 atom stereocenters. The Morgan fingerprint density at radius 1 is 1.30 bits per heavy atom. The van der Waals surface area contributed by atoms with Crippen molar-refractivity contribution in [2.24, 2.45) is 0 Å². The molecule has 20 heavy (non-hydrogen) atoms. The first-order chi connectivity index (χ1) is 9.19. The maximum absolute atomic E-state index is 11.6. The fraction of sp³-hybridized carbons (Fsp3) is 0.538. The van der Waals surface area contributed by atoms with Crippen LogP contribution in [0.3, 0.4) is 0 Å². The van der Waals surface area contributed by atoms with Crippen molar-refractivity contribution in [1.82, 2.24) is 4.98 Å². The van der Waals surface area contributed by atoms with Crippen LogP contribution in [0.4, 0.5) is 5.69 Å². The molecule has 0 bridgehead atoms. The molecule has 1 saturated heterocycles. The maximum Gasteiger partial charge on any atom is 0.497 e. The van der Waals surface area contributed by atoms with E-state index in [1.54, 1.807) is 6.07 Å². The van der Waals surface area contributed by atoms with Crippen LogP contribution in [0.1, 0.15) is 38.2 Å². The van der Waals surface area contributed by atoms with E-state index in [1.165, 1.54) is 13.3 Å². The molecule has 1 aromatic heterocycles. The number of carbonyl (C=O) groups excluding carboxylic acids is 1. The summed E-state index contributed by atoms with van der Waals surface area (Å²) in [5.41, 5.74) is 5.92. The second-order valence-electron chi connectivity index (χ2n) is 5.74. The molecule has 0 aromatic carbocycles. The summed E-state index contributed by atoms with van der Waals surface area (Å²) in [6.45, 7) is 7.80. The number of nitrogen functional groups attached to an aromatic ring is 1. The van der Waals surface area contributed by atoms with Gasteiger partial charge >= 0.3 is 13.1 Å². The summed E-state index contributed by atoms with van der Waals surface area (Å²) in [6.07, 6.45) is 1.49. The minimum atomic E-state index is -0.633. The molecule has 2 rings (SSSR count). The molecule has 1 aromatic rings. The van der Waals surface area contributed by atoms with Crippen molar-refractivity contribution in [1.29, 1.82) is 0 Å². The van der Waals surface area contributed by atoms with E-state index >= 15 is 0 Å². The molecule has 0 amide bonds. The zero-order valence-corrected chi connectivity index (χ0v) is 12.4. The van der Waals surface area contributed by atoms with E-state index in [4.69, 9.17) is 15.0 Å². The quantitative estimate of drug-likeness (QED) is 0.635. The summed E-state index contributed by atoms with van der Waals surface area (Å²) in [5.74, 6) is -0.583. The molecule has 0 aliphatic carbocycles. The molecule has 2 N–H and O–H groups in total. The Balaban J connectivity index is 2.39. The highest BCUT2D eigenvalue weighted by atomic mass is 16.7. The Hall–Kier alpha value is -1.60. The van der Waals surface area contributed by atoms with Gasteiger partial charge in [0.2, 0.25) is 0 Å². The van der Waals surface area contributed by atoms with Gasteiger partial charge in [0.05, 0.1) is 24.0 Å². The monoisotopic (exact) mass is 278 g/mol. The largest absolute Gasteiger partial charge is 0.497 e. The first kappa shape index (κ1) is 14.8. The second kappa shape index (κ2) is 4.75. The van der Waals surface area contributed by atoms with Gasteiger partial charge in [-0.3, -0.25) is 0 Å². The number of aromatic nitrogens is 1. The van der Waals surface area contributed by atoms with Gasteiger partial charge in [-0.2, -0.15) is 0 Å². The van der Waals surface area contributed by atoms with Gasteiger partial charge in [-0.15, -0.1) is 0 Å². The van der Waals surface area contributed by atoms with E-state index in [-0.39, 0.29) is 11.4 Å². The van der Waals surface area contributed by atoms with Crippen LogP contribution >= 0.6 is 0 Å². The molecule has 0 radical (unpaired) electrons. The summed E-state index contributed by atoms with van der Waals surface area (Å²) in [4.78, 5) is 15.6. The van der Waals surface area contributed by atoms with Gasteiger partial charge in [-0.25, -0.2) is 9.78 Å². The SMILES string of the molecule is COC(=O)c1nccc(B2OC(C)(C)C(C)(C)O2)c1N. The number of hydrogen-bond donors (Lipinski definition) is 1. The van der Waals surface area contributed by atoms with Crippen LogP contribution in [-0.2, 0) is 14.0 Å². The van der Waals surface area contributed by atoms with Crippen molar-refractivity contribution >= 4 is 24.2 Å². The van der Waals surface area contributed by atoms with Crippen LogP contribution in [-0.4, -0.2) is 36.4 Å². The summed E-state index contributed by atoms with van der Waals surface area (Å²) in [7, 11) is 0.650. The zero-order valence-electron chi connectivity index (χ0n) is 12.4. The highest BCUT2D eigenvalue weighted by molar-refractivity contribution is 6.64. The van der Waals surface area contributed by atoms with Gasteiger partial charge in [0.1, 0.15) is 0 Å². The van der Waals surface area contributed by atoms with Crippen LogP contribution in [0, 0.1) is 0 Å². The highest BCUT2D eigenvalue weighted by Crippen LogP contribution is 2.36. The number of methoxy groups -OCH3 is 1. The Labute approximate surface area is 118 Å². The number of carbonyl (C=O) groups is 1. The van der Waals surface area contributed by atoms with Crippen LogP contribution in [0.15, 0.2) is 12.3 Å². The summed E-state index contributed by atoms with van der Waals surface area (Å²) in [6, 6.07) is 1.68. The van der Waals surface area contributed by atoms with Crippen molar-refractivity contribution in [3.05, 3.63) is 18.0 Å². The van der Waals surface area contributed by atoms with Gasteiger partial charge in [0.25, 0.3) is 0 Å². The van der Waals surface area contributed by atoms with Crippen molar-refractivity contribution in [3.8, 4) is 0 Å². The lowest BCUT2D eigenvalue weighted by Crippen LogP contribution is -2.41. The highest BCUT2D eigenvalue weighted by Gasteiger charge is 2.52. The molecule has 2 heterocycles. The Bertz CT molecular complexity index is 529. The number of ether oxygens (including phenoxy) is 1. The molecular weight excluding hydrogens is 259 g/mol. The number of nitrogens with two attached hydrogens (primary N) is 1. The molecule has 1 fully saturated rings. The summed E-state index contributed by atoms with van der Waals surface area (Å²) >= 11 is 0. The van der Waals surface area contributed by atoms with Gasteiger partial charge in [-0.1, -0.05) is 0 Å². The third kappa shape index (κ3) is 2.27. The average molecular weight is 278 g/mol. The van der Waals surface area contributed by atoms with Crippen LogP contribution in [0.2, 0.25) is 0 Å². The van der Waals surface area contributed by atoms with Crippen molar-refractivity contribution < 1.29 is 18.8 Å². The topological polar surface area (TPSA) is 83.7 Å². The van der Waals surface area contributed by atoms with E-state index in [9.17, 15) is 4.79 Å². The minimum absolute atomic E-state index is 0.0692. The van der Waals surface area contributed by atoms with E-state index in [0.717, 1.165) is 0 Å². The molecule has 0 spiro atoms. The molecule has 0 unspecified atom stereocenters. The second-order valence-corrected chi connectivity index (χ2v) is 5.74. The fourth-order valence-corrected chi connectivity index (χ4v) is 1.92. The van der Waals surface area contributed by atoms with E-state index in [1.807, 2.05) is 27.7 Å². The Morgan fingerprint density at radius 3 is 2.35 bits per heavy atom. The van der Waals surface area contributed by atoms with Gasteiger partial charge < -0.3 is 19.8 Å². The number of hydrogen-bond acceptors (Lipinski definition) is 6. The molecule has 6 nitrogen and oxygen atoms in total. The van der Waals surface area contributed by atoms with E-state index in [2.05, 4.69) is 9.72 Å². The Morgan fingerprint density at radius 2 is 1.85 bits per heavy atom. The third-order valence-electron chi connectivity index (χ3n) is 3.91. The van der Waals surface area contributed by atoms with Crippen LogP contribution in [0.5, 0.6) is 0 Å². The zero-order chi connectivity index (χ0) is 15.1. The smallest absolute Gasteiger partial charge is 0.464 e. The first-order valence-corrected chi connectivity index (χ1v) is 6.38. The molecule has 1 aliphatic rings. The number of anilines is 1. The maximum atomic E-state index is 11.6. The molecular formula is C13H19BN2O4. The molecule has 0 saturated carbocycles. The molecule has 108 valence electrons. The van der Waals surface area contributed by atoms with E-state index < -0.39 is 24.3 Å². The predicted octanol–water partition coefficient (Wildman–Crippen LogP) is 0.750. The van der Waals surface area contributed by atoms with Crippen molar-refractivity contribution in [2.45, 2.75) is 38.9 Å². The lowest BCUT2D eigenvalue weighted by molar-refractivity contribution is 0.00578. The standard InChI is InChI=1S/C13H19BN2O4/c1-12(2)13(3,4)20-14(19-12)8-6-7-16-10(9(8)15)11(17)18-5/h6-7H,15H2,1-5H3. The lowest BCUT2D eigenvalue weighted by Gasteiger charge is -2.32. The Kier molecular flexibility index (Phi) is 3.52. The van der Waals surface area contributed by atoms with Crippen molar-refractivity contribution in [2.75, 3.05) is 12.8 Å². The number of esters is 1. The summed E-state index contributed by atoms with van der Waals surface area (Å²) < 4.78 is 16.5. The number of pyridine rings is 1.